The molecule has 2 heterocycles. The highest BCUT2D eigenvalue weighted by molar-refractivity contribution is 5.90. The third-order valence-electron chi connectivity index (χ3n) is 4.03. The van der Waals surface area contributed by atoms with Gasteiger partial charge in [-0.15, -0.1) is 0 Å². The molecule has 2 atom stereocenters. The molecule has 1 amide bonds. The van der Waals surface area contributed by atoms with Gasteiger partial charge in [0.05, 0.1) is 12.1 Å². The van der Waals surface area contributed by atoms with E-state index in [-0.39, 0.29) is 23.7 Å². The highest BCUT2D eigenvalue weighted by Gasteiger charge is 2.37. The Morgan fingerprint density at radius 1 is 1.29 bits per heavy atom. The summed E-state index contributed by atoms with van der Waals surface area (Å²) in [5.74, 6) is 0.0595. The SMILES string of the molecule is CC(C)C(N)C(=O)N1CCCC1C(=O)C[n+]1ccccc1. The second-order valence-corrected chi connectivity index (χ2v) is 5.97. The second-order valence-electron chi connectivity index (χ2n) is 5.97. The molecule has 5 nitrogen and oxygen atoms in total. The number of hydrogen-bond acceptors (Lipinski definition) is 3. The summed E-state index contributed by atoms with van der Waals surface area (Å²) in [7, 11) is 0. The molecule has 1 aliphatic rings. The maximum Gasteiger partial charge on any atom is 0.240 e. The lowest BCUT2D eigenvalue weighted by molar-refractivity contribution is -0.684. The minimum Gasteiger partial charge on any atom is -0.331 e. The number of Topliss-reactive ketones (excluding diaryl/α,β-unsaturated/α-hetero) is 1. The first-order valence-electron chi connectivity index (χ1n) is 7.53. The standard InChI is InChI=1S/C16H24N3O2/c1-12(2)15(17)16(21)19-10-6-7-13(19)14(20)11-18-8-4-3-5-9-18/h3-5,8-9,12-13,15H,6-7,10-11,17H2,1-2H3/q+1. The van der Waals surface area contributed by atoms with Gasteiger partial charge in [0.1, 0.15) is 0 Å². The van der Waals surface area contributed by atoms with Gasteiger partial charge in [-0.05, 0) is 18.8 Å². The van der Waals surface area contributed by atoms with Crippen molar-refractivity contribution in [2.45, 2.75) is 45.3 Å². The van der Waals surface area contributed by atoms with Gasteiger partial charge in [-0.2, -0.15) is 4.57 Å². The summed E-state index contributed by atoms with van der Waals surface area (Å²) in [5.41, 5.74) is 5.95. The van der Waals surface area contributed by atoms with Crippen molar-refractivity contribution in [3.63, 3.8) is 0 Å². The van der Waals surface area contributed by atoms with Crippen molar-refractivity contribution < 1.29 is 14.2 Å². The van der Waals surface area contributed by atoms with Crippen LogP contribution in [-0.2, 0) is 16.1 Å². The quantitative estimate of drug-likeness (QED) is 0.804. The van der Waals surface area contributed by atoms with E-state index in [4.69, 9.17) is 5.73 Å². The van der Waals surface area contributed by atoms with Gasteiger partial charge in [0.25, 0.3) is 0 Å². The van der Waals surface area contributed by atoms with E-state index in [1.54, 1.807) is 4.90 Å². The molecule has 0 aromatic carbocycles. The molecular formula is C16H24N3O2+. The maximum atomic E-state index is 12.5. The molecule has 0 spiro atoms. The van der Waals surface area contributed by atoms with Crippen molar-refractivity contribution in [2.24, 2.45) is 11.7 Å². The van der Waals surface area contributed by atoms with Crippen molar-refractivity contribution in [3.05, 3.63) is 30.6 Å². The Kier molecular flexibility index (Phi) is 5.07. The number of carbonyl (C=O) groups is 2. The smallest absolute Gasteiger partial charge is 0.240 e. The molecule has 21 heavy (non-hydrogen) atoms. The number of pyridine rings is 1. The molecule has 0 radical (unpaired) electrons. The van der Waals surface area contributed by atoms with Crippen molar-refractivity contribution in [3.8, 4) is 0 Å². The summed E-state index contributed by atoms with van der Waals surface area (Å²) in [6.45, 7) is 4.78. The van der Waals surface area contributed by atoms with Gasteiger partial charge in [-0.1, -0.05) is 19.9 Å². The number of aromatic nitrogens is 1. The molecule has 0 bridgehead atoms. The van der Waals surface area contributed by atoms with Crippen LogP contribution in [0.1, 0.15) is 26.7 Å². The van der Waals surface area contributed by atoms with Crippen LogP contribution in [0.4, 0.5) is 0 Å². The van der Waals surface area contributed by atoms with Crippen LogP contribution in [0.25, 0.3) is 0 Å². The van der Waals surface area contributed by atoms with Crippen LogP contribution in [0.3, 0.4) is 0 Å². The largest absolute Gasteiger partial charge is 0.331 e. The van der Waals surface area contributed by atoms with Gasteiger partial charge in [-0.3, -0.25) is 9.59 Å². The molecule has 1 aromatic rings. The molecule has 1 aromatic heterocycles. The first kappa shape index (κ1) is 15.6. The number of carbonyl (C=O) groups excluding carboxylic acids is 2. The van der Waals surface area contributed by atoms with E-state index in [1.807, 2.05) is 49.0 Å². The van der Waals surface area contributed by atoms with Crippen molar-refractivity contribution >= 4 is 11.7 Å². The Balaban J connectivity index is 2.04. The fourth-order valence-electron chi connectivity index (χ4n) is 2.67. The molecule has 5 heteroatoms. The number of hydrogen-bond donors (Lipinski definition) is 1. The Hall–Kier alpha value is -1.75. The zero-order valence-corrected chi connectivity index (χ0v) is 12.7. The van der Waals surface area contributed by atoms with E-state index >= 15 is 0 Å². The van der Waals surface area contributed by atoms with E-state index in [2.05, 4.69) is 0 Å². The molecule has 2 N–H and O–H groups in total. The van der Waals surface area contributed by atoms with Gasteiger partial charge >= 0.3 is 0 Å². The Bertz CT molecular complexity index is 502. The number of nitrogens with two attached hydrogens (primary N) is 1. The predicted octanol–water partition coefficient (Wildman–Crippen LogP) is 0.518. The molecule has 1 fully saturated rings. The van der Waals surface area contributed by atoms with E-state index in [0.29, 0.717) is 13.1 Å². The fraction of sp³-hybridized carbons (Fsp3) is 0.562. The molecule has 2 unspecified atom stereocenters. The molecule has 0 saturated carbocycles. The summed E-state index contributed by atoms with van der Waals surface area (Å²) in [6, 6.07) is 4.84. The number of nitrogens with zero attached hydrogens (tertiary/aromatic N) is 2. The van der Waals surface area contributed by atoms with Gasteiger partial charge in [-0.25, -0.2) is 0 Å². The fourth-order valence-corrected chi connectivity index (χ4v) is 2.67. The summed E-state index contributed by atoms with van der Waals surface area (Å²) >= 11 is 0. The molecule has 0 aliphatic carbocycles. The van der Waals surface area contributed by atoms with Crippen LogP contribution in [0, 0.1) is 5.92 Å². The molecule has 1 saturated heterocycles. The monoisotopic (exact) mass is 290 g/mol. The highest BCUT2D eigenvalue weighted by atomic mass is 16.2. The second kappa shape index (κ2) is 6.80. The van der Waals surface area contributed by atoms with Crippen molar-refractivity contribution in [2.75, 3.05) is 6.54 Å². The lowest BCUT2D eigenvalue weighted by Gasteiger charge is -2.27. The van der Waals surface area contributed by atoms with Gasteiger partial charge in [0.2, 0.25) is 18.2 Å². The average molecular weight is 290 g/mol. The van der Waals surface area contributed by atoms with E-state index in [0.717, 1.165) is 12.8 Å². The first-order chi connectivity index (χ1) is 10.0. The lowest BCUT2D eigenvalue weighted by atomic mass is 10.0. The molecule has 2 rings (SSSR count). The summed E-state index contributed by atoms with van der Waals surface area (Å²) in [4.78, 5) is 26.5. The Morgan fingerprint density at radius 2 is 1.95 bits per heavy atom. The maximum absolute atomic E-state index is 12.5. The minimum atomic E-state index is -0.525. The zero-order chi connectivity index (χ0) is 15.4. The molecule has 1 aliphatic heterocycles. The van der Waals surface area contributed by atoms with E-state index in [1.165, 1.54) is 0 Å². The first-order valence-corrected chi connectivity index (χ1v) is 7.53. The lowest BCUT2D eigenvalue weighted by Crippen LogP contribution is -2.52. The predicted molar refractivity (Wildman–Crippen MR) is 79.2 cm³/mol. The molecular weight excluding hydrogens is 266 g/mol. The summed E-state index contributed by atoms with van der Waals surface area (Å²) in [6.07, 6.45) is 5.33. The number of likely N-dealkylation sites (tertiary alicyclic amines) is 1. The van der Waals surface area contributed by atoms with E-state index < -0.39 is 6.04 Å². The van der Waals surface area contributed by atoms with Crippen molar-refractivity contribution in [1.82, 2.24) is 4.90 Å². The van der Waals surface area contributed by atoms with Gasteiger partial charge in [0.15, 0.2) is 12.4 Å². The topological polar surface area (TPSA) is 67.3 Å². The summed E-state index contributed by atoms with van der Waals surface area (Å²) < 4.78 is 1.84. The van der Waals surface area contributed by atoms with Crippen LogP contribution >= 0.6 is 0 Å². The van der Waals surface area contributed by atoms with Gasteiger partial charge < -0.3 is 10.6 Å². The number of rotatable bonds is 5. The van der Waals surface area contributed by atoms with Crippen LogP contribution in [0.2, 0.25) is 0 Å². The molecule has 114 valence electrons. The van der Waals surface area contributed by atoms with Crippen LogP contribution < -0.4 is 10.3 Å². The van der Waals surface area contributed by atoms with Crippen LogP contribution in [-0.4, -0.2) is 35.2 Å². The normalized spacial score (nSPS) is 19.8. The van der Waals surface area contributed by atoms with E-state index in [9.17, 15) is 9.59 Å². The Labute approximate surface area is 125 Å². The third-order valence-corrected chi connectivity index (χ3v) is 4.03. The summed E-state index contributed by atoms with van der Waals surface area (Å²) in [5, 5.41) is 0. The number of amides is 1. The van der Waals surface area contributed by atoms with Gasteiger partial charge in [0, 0.05) is 18.7 Å². The van der Waals surface area contributed by atoms with Crippen molar-refractivity contribution in [1.29, 1.82) is 0 Å². The zero-order valence-electron chi connectivity index (χ0n) is 12.7. The number of ketones is 1. The van der Waals surface area contributed by atoms with Crippen LogP contribution in [0.5, 0.6) is 0 Å². The highest BCUT2D eigenvalue weighted by Crippen LogP contribution is 2.20. The van der Waals surface area contributed by atoms with Crippen LogP contribution in [0.15, 0.2) is 30.6 Å². The average Bonchev–Trinajstić information content (AvgIpc) is 2.96. The Morgan fingerprint density at radius 3 is 2.57 bits per heavy atom. The third kappa shape index (κ3) is 3.67. The minimum absolute atomic E-state index is 0.0769.